The van der Waals surface area contributed by atoms with Crippen LogP contribution in [0.5, 0.6) is 5.75 Å². The van der Waals surface area contributed by atoms with Crippen molar-refractivity contribution in [1.29, 1.82) is 0 Å². The van der Waals surface area contributed by atoms with Crippen molar-refractivity contribution in [3.8, 4) is 5.75 Å². The van der Waals surface area contributed by atoms with E-state index in [-0.39, 0.29) is 5.92 Å². The van der Waals surface area contributed by atoms with E-state index in [0.717, 1.165) is 12.2 Å². The molecule has 2 unspecified atom stereocenters. The minimum Gasteiger partial charge on any atom is -0.465 e. The van der Waals surface area contributed by atoms with E-state index in [9.17, 15) is 5.11 Å². The van der Waals surface area contributed by atoms with E-state index in [0.29, 0.717) is 6.42 Å². The van der Waals surface area contributed by atoms with E-state index in [1.807, 2.05) is 24.3 Å². The van der Waals surface area contributed by atoms with Crippen molar-refractivity contribution in [3.63, 3.8) is 0 Å². The highest BCUT2D eigenvalue weighted by Crippen LogP contribution is 2.40. The summed E-state index contributed by atoms with van der Waals surface area (Å²) in [5.74, 6) is 1.02. The molecule has 0 bridgehead atoms. The van der Waals surface area contributed by atoms with Gasteiger partial charge in [-0.2, -0.15) is 0 Å². The summed E-state index contributed by atoms with van der Waals surface area (Å²) >= 11 is 0. The van der Waals surface area contributed by atoms with Gasteiger partial charge >= 0.3 is 0 Å². The molecule has 1 aliphatic heterocycles. The van der Waals surface area contributed by atoms with Crippen LogP contribution in [-0.2, 0) is 6.42 Å². The SMILES string of the molecule is CCc1ccc2c(c1)C(c1ccccc1)CC(O)O2. The molecule has 0 spiro atoms. The fourth-order valence-corrected chi connectivity index (χ4v) is 2.72. The molecule has 1 N–H and O–H groups in total. The average Bonchev–Trinajstić information content (AvgIpc) is 2.47. The first kappa shape index (κ1) is 12.2. The molecule has 2 nitrogen and oxygen atoms in total. The number of ether oxygens (including phenoxy) is 1. The minimum atomic E-state index is -0.717. The van der Waals surface area contributed by atoms with Crippen molar-refractivity contribution in [2.75, 3.05) is 0 Å². The molecule has 2 heteroatoms. The van der Waals surface area contributed by atoms with Gasteiger partial charge in [0.05, 0.1) is 0 Å². The summed E-state index contributed by atoms with van der Waals surface area (Å²) in [6, 6.07) is 16.6. The molecule has 3 rings (SSSR count). The van der Waals surface area contributed by atoms with Crippen LogP contribution in [0.25, 0.3) is 0 Å². The first-order valence-corrected chi connectivity index (χ1v) is 6.80. The molecule has 0 fully saturated rings. The Bertz CT molecular complexity index is 563. The van der Waals surface area contributed by atoms with Crippen molar-refractivity contribution < 1.29 is 9.84 Å². The molecule has 2 aromatic rings. The van der Waals surface area contributed by atoms with Crippen LogP contribution < -0.4 is 4.74 Å². The summed E-state index contributed by atoms with van der Waals surface area (Å²) in [7, 11) is 0. The van der Waals surface area contributed by atoms with Crippen LogP contribution in [0.15, 0.2) is 48.5 Å². The number of hydrogen-bond donors (Lipinski definition) is 1. The molecule has 98 valence electrons. The van der Waals surface area contributed by atoms with Crippen LogP contribution >= 0.6 is 0 Å². The molecular formula is C17H18O2. The maximum Gasteiger partial charge on any atom is 0.198 e. The molecule has 0 aromatic heterocycles. The predicted octanol–water partition coefficient (Wildman–Crippen LogP) is 3.48. The van der Waals surface area contributed by atoms with Crippen molar-refractivity contribution >= 4 is 0 Å². The maximum atomic E-state index is 9.89. The monoisotopic (exact) mass is 254 g/mol. The van der Waals surface area contributed by atoms with Gasteiger partial charge in [0.2, 0.25) is 0 Å². The Morgan fingerprint density at radius 2 is 1.95 bits per heavy atom. The van der Waals surface area contributed by atoms with Gasteiger partial charge in [-0.3, -0.25) is 0 Å². The smallest absolute Gasteiger partial charge is 0.198 e. The Morgan fingerprint density at radius 1 is 1.16 bits per heavy atom. The van der Waals surface area contributed by atoms with Gasteiger partial charge in [0.15, 0.2) is 6.29 Å². The van der Waals surface area contributed by atoms with Crippen molar-refractivity contribution in [3.05, 3.63) is 65.2 Å². The summed E-state index contributed by atoms with van der Waals surface area (Å²) in [4.78, 5) is 0. The Balaban J connectivity index is 2.07. The molecular weight excluding hydrogens is 236 g/mol. The molecule has 0 saturated heterocycles. The summed E-state index contributed by atoms with van der Waals surface area (Å²) in [6.45, 7) is 2.15. The number of aryl methyl sites for hydroxylation is 1. The van der Waals surface area contributed by atoms with Gasteiger partial charge in [0.25, 0.3) is 0 Å². The lowest BCUT2D eigenvalue weighted by Crippen LogP contribution is -2.25. The second-order valence-electron chi connectivity index (χ2n) is 5.00. The standard InChI is InChI=1S/C17H18O2/c1-2-12-8-9-16-15(10-12)14(11-17(18)19-16)13-6-4-3-5-7-13/h3-10,14,17-18H,2,11H2,1H3. The van der Waals surface area contributed by atoms with E-state index >= 15 is 0 Å². The van der Waals surface area contributed by atoms with E-state index < -0.39 is 6.29 Å². The molecule has 1 aliphatic rings. The molecule has 0 amide bonds. The van der Waals surface area contributed by atoms with Crippen molar-refractivity contribution in [2.24, 2.45) is 0 Å². The first-order chi connectivity index (χ1) is 9.28. The van der Waals surface area contributed by atoms with Crippen LogP contribution in [0.3, 0.4) is 0 Å². The first-order valence-electron chi connectivity index (χ1n) is 6.80. The Labute approximate surface area is 113 Å². The van der Waals surface area contributed by atoms with E-state index in [4.69, 9.17) is 4.74 Å². The molecule has 0 aliphatic carbocycles. The summed E-state index contributed by atoms with van der Waals surface area (Å²) in [5, 5.41) is 9.89. The lowest BCUT2D eigenvalue weighted by Gasteiger charge is -2.30. The lowest BCUT2D eigenvalue weighted by atomic mass is 9.85. The normalized spacial score (nSPS) is 21.6. The summed E-state index contributed by atoms with van der Waals surface area (Å²) < 4.78 is 5.54. The molecule has 0 radical (unpaired) electrons. The summed E-state index contributed by atoms with van der Waals surface area (Å²) in [6.07, 6.45) is 0.909. The minimum absolute atomic E-state index is 0.214. The van der Waals surface area contributed by atoms with E-state index in [1.165, 1.54) is 16.7 Å². The zero-order valence-corrected chi connectivity index (χ0v) is 11.0. The highest BCUT2D eigenvalue weighted by molar-refractivity contribution is 5.46. The van der Waals surface area contributed by atoms with E-state index in [1.54, 1.807) is 0 Å². The quantitative estimate of drug-likeness (QED) is 0.889. The fourth-order valence-electron chi connectivity index (χ4n) is 2.72. The molecule has 0 saturated carbocycles. The average molecular weight is 254 g/mol. The number of hydrogen-bond acceptors (Lipinski definition) is 2. The largest absolute Gasteiger partial charge is 0.465 e. The Kier molecular flexibility index (Phi) is 3.26. The molecule has 2 aromatic carbocycles. The molecule has 19 heavy (non-hydrogen) atoms. The third-order valence-corrected chi connectivity index (χ3v) is 3.76. The van der Waals surface area contributed by atoms with Crippen molar-refractivity contribution in [1.82, 2.24) is 0 Å². The fraction of sp³-hybridized carbons (Fsp3) is 0.294. The number of aliphatic hydroxyl groups excluding tert-OH is 1. The topological polar surface area (TPSA) is 29.5 Å². The highest BCUT2D eigenvalue weighted by atomic mass is 16.6. The van der Waals surface area contributed by atoms with Crippen LogP contribution in [0.4, 0.5) is 0 Å². The van der Waals surface area contributed by atoms with Gasteiger partial charge in [-0.1, -0.05) is 49.4 Å². The van der Waals surface area contributed by atoms with Gasteiger partial charge < -0.3 is 9.84 Å². The van der Waals surface area contributed by atoms with Gasteiger partial charge in [-0.25, -0.2) is 0 Å². The molecule has 2 atom stereocenters. The Hall–Kier alpha value is -1.80. The van der Waals surface area contributed by atoms with Crippen LogP contribution in [0, 0.1) is 0 Å². The van der Waals surface area contributed by atoms with E-state index in [2.05, 4.69) is 31.2 Å². The van der Waals surface area contributed by atoms with Gasteiger partial charge in [0, 0.05) is 17.9 Å². The Morgan fingerprint density at radius 3 is 2.68 bits per heavy atom. The number of rotatable bonds is 2. The summed E-state index contributed by atoms with van der Waals surface area (Å²) in [5.41, 5.74) is 3.73. The van der Waals surface area contributed by atoms with Crippen LogP contribution in [0.1, 0.15) is 36.0 Å². The third-order valence-electron chi connectivity index (χ3n) is 3.76. The van der Waals surface area contributed by atoms with Crippen LogP contribution in [0.2, 0.25) is 0 Å². The van der Waals surface area contributed by atoms with Gasteiger partial charge in [0.1, 0.15) is 5.75 Å². The predicted molar refractivity (Wildman–Crippen MR) is 75.4 cm³/mol. The molecule has 1 heterocycles. The van der Waals surface area contributed by atoms with Crippen molar-refractivity contribution in [2.45, 2.75) is 32.0 Å². The second kappa shape index (κ2) is 5.06. The zero-order chi connectivity index (χ0) is 13.2. The third kappa shape index (κ3) is 2.36. The number of benzene rings is 2. The second-order valence-corrected chi connectivity index (χ2v) is 5.00. The van der Waals surface area contributed by atoms with Gasteiger partial charge in [-0.15, -0.1) is 0 Å². The number of aliphatic hydroxyl groups is 1. The lowest BCUT2D eigenvalue weighted by molar-refractivity contribution is -0.0359. The maximum absolute atomic E-state index is 9.89. The van der Waals surface area contributed by atoms with Crippen LogP contribution in [-0.4, -0.2) is 11.4 Å². The van der Waals surface area contributed by atoms with Gasteiger partial charge in [-0.05, 0) is 23.6 Å². The number of fused-ring (bicyclic) bond motifs is 1. The highest BCUT2D eigenvalue weighted by Gasteiger charge is 2.28. The zero-order valence-electron chi connectivity index (χ0n) is 11.0.